The van der Waals surface area contributed by atoms with Crippen LogP contribution in [0.15, 0.2) is 18.3 Å². The van der Waals surface area contributed by atoms with E-state index in [0.717, 1.165) is 18.4 Å². The van der Waals surface area contributed by atoms with Crippen LogP contribution in [0.5, 0.6) is 5.88 Å². The van der Waals surface area contributed by atoms with E-state index in [4.69, 9.17) is 14.2 Å². The average Bonchev–Trinajstić information content (AvgIpc) is 2.80. The molecule has 0 amide bonds. The number of aryl methyl sites for hydroxylation is 1. The zero-order valence-corrected chi connectivity index (χ0v) is 9.52. The standard InChI is InChI=1S/C12H17NO3/c1-10-4-5-11(13-9-10)14-6-2-3-12-15-7-8-16-12/h4-5,9,12H,2-3,6-8H2,1H3. The Morgan fingerprint density at radius 2 is 2.19 bits per heavy atom. The normalized spacial score (nSPS) is 16.6. The molecule has 1 aromatic rings. The quantitative estimate of drug-likeness (QED) is 0.715. The molecule has 1 aromatic heterocycles. The van der Waals surface area contributed by atoms with Gasteiger partial charge >= 0.3 is 0 Å². The lowest BCUT2D eigenvalue weighted by atomic mass is 10.3. The summed E-state index contributed by atoms with van der Waals surface area (Å²) in [7, 11) is 0. The number of hydrogen-bond donors (Lipinski definition) is 0. The summed E-state index contributed by atoms with van der Waals surface area (Å²) in [5, 5.41) is 0. The lowest BCUT2D eigenvalue weighted by Gasteiger charge is -2.09. The molecule has 0 unspecified atom stereocenters. The van der Waals surface area contributed by atoms with E-state index in [1.807, 2.05) is 19.1 Å². The lowest BCUT2D eigenvalue weighted by Crippen LogP contribution is -2.09. The van der Waals surface area contributed by atoms with Crippen molar-refractivity contribution in [2.45, 2.75) is 26.1 Å². The molecule has 1 aliphatic heterocycles. The number of aromatic nitrogens is 1. The van der Waals surface area contributed by atoms with Crippen molar-refractivity contribution in [1.82, 2.24) is 4.98 Å². The zero-order valence-electron chi connectivity index (χ0n) is 9.52. The van der Waals surface area contributed by atoms with Gasteiger partial charge in [0, 0.05) is 18.7 Å². The number of nitrogens with zero attached hydrogens (tertiary/aromatic N) is 1. The van der Waals surface area contributed by atoms with Crippen LogP contribution in [0.25, 0.3) is 0 Å². The van der Waals surface area contributed by atoms with Gasteiger partial charge in [-0.3, -0.25) is 0 Å². The van der Waals surface area contributed by atoms with Crippen molar-refractivity contribution in [2.24, 2.45) is 0 Å². The van der Waals surface area contributed by atoms with Crippen LogP contribution in [0.1, 0.15) is 18.4 Å². The van der Waals surface area contributed by atoms with Gasteiger partial charge in [0.05, 0.1) is 19.8 Å². The molecule has 0 aliphatic carbocycles. The molecule has 1 saturated heterocycles. The van der Waals surface area contributed by atoms with Gasteiger partial charge in [-0.1, -0.05) is 6.07 Å². The molecule has 0 atom stereocenters. The maximum absolute atomic E-state index is 5.50. The second-order valence-electron chi connectivity index (χ2n) is 3.84. The van der Waals surface area contributed by atoms with E-state index in [1.165, 1.54) is 0 Å². The van der Waals surface area contributed by atoms with Crippen LogP contribution in [-0.4, -0.2) is 31.1 Å². The molecule has 16 heavy (non-hydrogen) atoms. The minimum Gasteiger partial charge on any atom is -0.478 e. The van der Waals surface area contributed by atoms with E-state index in [9.17, 15) is 0 Å². The fourth-order valence-corrected chi connectivity index (χ4v) is 1.54. The van der Waals surface area contributed by atoms with E-state index in [2.05, 4.69) is 4.98 Å². The first kappa shape index (κ1) is 11.4. The molecular weight excluding hydrogens is 206 g/mol. The van der Waals surface area contributed by atoms with Gasteiger partial charge in [0.1, 0.15) is 0 Å². The molecule has 4 heteroatoms. The Labute approximate surface area is 95.5 Å². The predicted molar refractivity (Wildman–Crippen MR) is 59.4 cm³/mol. The molecule has 4 nitrogen and oxygen atoms in total. The monoisotopic (exact) mass is 223 g/mol. The molecule has 1 fully saturated rings. The Morgan fingerprint density at radius 3 is 2.88 bits per heavy atom. The number of rotatable bonds is 5. The van der Waals surface area contributed by atoms with Crippen LogP contribution in [0.2, 0.25) is 0 Å². The van der Waals surface area contributed by atoms with Gasteiger partial charge in [0.25, 0.3) is 0 Å². The maximum atomic E-state index is 5.50. The second-order valence-corrected chi connectivity index (χ2v) is 3.84. The Hall–Kier alpha value is -1.13. The third-order valence-electron chi connectivity index (χ3n) is 2.41. The summed E-state index contributed by atoms with van der Waals surface area (Å²) < 4.78 is 16.2. The molecule has 1 aliphatic rings. The first-order valence-electron chi connectivity index (χ1n) is 5.63. The molecule has 2 rings (SSSR count). The Morgan fingerprint density at radius 1 is 1.38 bits per heavy atom. The maximum Gasteiger partial charge on any atom is 0.213 e. The lowest BCUT2D eigenvalue weighted by molar-refractivity contribution is -0.0493. The van der Waals surface area contributed by atoms with E-state index in [0.29, 0.717) is 25.7 Å². The summed E-state index contributed by atoms with van der Waals surface area (Å²) in [4.78, 5) is 4.16. The fourth-order valence-electron chi connectivity index (χ4n) is 1.54. The summed E-state index contributed by atoms with van der Waals surface area (Å²) in [6, 6.07) is 3.88. The van der Waals surface area contributed by atoms with E-state index in [1.54, 1.807) is 6.20 Å². The Bertz CT molecular complexity index is 307. The van der Waals surface area contributed by atoms with Crippen molar-refractivity contribution in [3.63, 3.8) is 0 Å². The average molecular weight is 223 g/mol. The molecule has 88 valence electrons. The summed E-state index contributed by atoms with van der Waals surface area (Å²) in [6.07, 6.45) is 3.57. The molecule has 2 heterocycles. The van der Waals surface area contributed by atoms with Crippen LogP contribution in [0.3, 0.4) is 0 Å². The second kappa shape index (κ2) is 5.82. The van der Waals surface area contributed by atoms with Crippen LogP contribution in [0, 0.1) is 6.92 Å². The number of ether oxygens (including phenoxy) is 3. The first-order chi connectivity index (χ1) is 7.84. The van der Waals surface area contributed by atoms with Gasteiger partial charge < -0.3 is 14.2 Å². The molecular formula is C12H17NO3. The van der Waals surface area contributed by atoms with Crippen molar-refractivity contribution in [1.29, 1.82) is 0 Å². The first-order valence-corrected chi connectivity index (χ1v) is 5.63. The van der Waals surface area contributed by atoms with Crippen molar-refractivity contribution >= 4 is 0 Å². The van der Waals surface area contributed by atoms with Gasteiger partial charge in [0.15, 0.2) is 6.29 Å². The summed E-state index contributed by atoms with van der Waals surface area (Å²) in [6.45, 7) is 4.08. The molecule has 0 bridgehead atoms. The summed E-state index contributed by atoms with van der Waals surface area (Å²) in [5.74, 6) is 0.679. The third kappa shape index (κ3) is 3.47. The minimum atomic E-state index is -0.0328. The number of hydrogen-bond acceptors (Lipinski definition) is 4. The molecule has 0 saturated carbocycles. The van der Waals surface area contributed by atoms with Crippen molar-refractivity contribution < 1.29 is 14.2 Å². The van der Waals surface area contributed by atoms with Crippen molar-refractivity contribution in [3.05, 3.63) is 23.9 Å². The zero-order chi connectivity index (χ0) is 11.2. The van der Waals surface area contributed by atoms with E-state index >= 15 is 0 Å². The van der Waals surface area contributed by atoms with Crippen LogP contribution < -0.4 is 4.74 Å². The summed E-state index contributed by atoms with van der Waals surface area (Å²) >= 11 is 0. The van der Waals surface area contributed by atoms with Crippen LogP contribution >= 0.6 is 0 Å². The molecule has 0 radical (unpaired) electrons. The van der Waals surface area contributed by atoms with Gasteiger partial charge in [-0.15, -0.1) is 0 Å². The van der Waals surface area contributed by atoms with Gasteiger partial charge in [-0.05, 0) is 18.9 Å². The third-order valence-corrected chi connectivity index (χ3v) is 2.41. The van der Waals surface area contributed by atoms with Gasteiger partial charge in [-0.25, -0.2) is 4.98 Å². The minimum absolute atomic E-state index is 0.0328. The van der Waals surface area contributed by atoms with E-state index in [-0.39, 0.29) is 6.29 Å². The van der Waals surface area contributed by atoms with Crippen LogP contribution in [0.4, 0.5) is 0 Å². The number of pyridine rings is 1. The highest BCUT2D eigenvalue weighted by molar-refractivity contribution is 5.16. The van der Waals surface area contributed by atoms with E-state index < -0.39 is 0 Å². The van der Waals surface area contributed by atoms with Crippen LogP contribution in [-0.2, 0) is 9.47 Å². The highest BCUT2D eigenvalue weighted by atomic mass is 16.7. The van der Waals surface area contributed by atoms with Crippen molar-refractivity contribution in [3.8, 4) is 5.88 Å². The fraction of sp³-hybridized carbons (Fsp3) is 0.583. The molecule has 0 aromatic carbocycles. The summed E-state index contributed by atoms with van der Waals surface area (Å²) in [5.41, 5.74) is 1.14. The molecule has 0 spiro atoms. The highest BCUT2D eigenvalue weighted by Crippen LogP contribution is 2.11. The highest BCUT2D eigenvalue weighted by Gasteiger charge is 2.14. The largest absolute Gasteiger partial charge is 0.478 e. The SMILES string of the molecule is Cc1ccc(OCCCC2OCCO2)nc1. The molecule has 0 N–H and O–H groups in total. The van der Waals surface area contributed by atoms with Gasteiger partial charge in [0.2, 0.25) is 5.88 Å². The predicted octanol–water partition coefficient (Wildman–Crippen LogP) is 1.92. The Balaban J connectivity index is 1.62. The van der Waals surface area contributed by atoms with Crippen molar-refractivity contribution in [2.75, 3.05) is 19.8 Å². The topological polar surface area (TPSA) is 40.6 Å². The van der Waals surface area contributed by atoms with Gasteiger partial charge in [-0.2, -0.15) is 0 Å². The smallest absolute Gasteiger partial charge is 0.213 e. The Kier molecular flexibility index (Phi) is 4.13.